The average molecular weight is 235 g/mol. The van der Waals surface area contributed by atoms with Gasteiger partial charge in [-0.15, -0.1) is 0 Å². The lowest BCUT2D eigenvalue weighted by atomic mass is 10.3. The van der Waals surface area contributed by atoms with Crippen LogP contribution in [-0.2, 0) is 0 Å². The first-order valence-corrected chi connectivity index (χ1v) is 6.37. The van der Waals surface area contributed by atoms with Gasteiger partial charge in [0.15, 0.2) is 0 Å². The van der Waals surface area contributed by atoms with Crippen LogP contribution in [0.4, 0.5) is 0 Å². The molecule has 1 aliphatic carbocycles. The smallest absolute Gasteiger partial charge is 0.267 e. The molecule has 1 heterocycles. The topological polar surface area (TPSA) is 46.1 Å². The van der Waals surface area contributed by atoms with Crippen molar-refractivity contribution in [3.8, 4) is 0 Å². The first-order chi connectivity index (χ1) is 8.18. The maximum atomic E-state index is 11.9. The fourth-order valence-corrected chi connectivity index (χ4v) is 1.87. The molecule has 17 heavy (non-hydrogen) atoms. The third-order valence-corrected chi connectivity index (χ3v) is 2.99. The van der Waals surface area contributed by atoms with Crippen molar-refractivity contribution in [2.45, 2.75) is 38.8 Å². The van der Waals surface area contributed by atoms with Gasteiger partial charge in [-0.2, -0.15) is 0 Å². The van der Waals surface area contributed by atoms with Crippen LogP contribution in [0.2, 0.25) is 0 Å². The summed E-state index contributed by atoms with van der Waals surface area (Å²) in [7, 11) is 0. The number of hydrogen-bond acceptors (Lipinski definition) is 2. The fourth-order valence-electron chi connectivity index (χ4n) is 1.87. The number of hydrogen-bond donors (Lipinski definition) is 2. The molecule has 4 heteroatoms. The monoisotopic (exact) mass is 235 g/mol. The van der Waals surface area contributed by atoms with Crippen LogP contribution in [0.25, 0.3) is 0 Å². The van der Waals surface area contributed by atoms with Crippen LogP contribution in [0.1, 0.15) is 43.2 Å². The zero-order valence-corrected chi connectivity index (χ0v) is 10.6. The van der Waals surface area contributed by atoms with Crippen LogP contribution >= 0.6 is 0 Å². The Labute approximate surface area is 102 Å². The van der Waals surface area contributed by atoms with Crippen molar-refractivity contribution >= 4 is 5.91 Å². The molecule has 1 saturated carbocycles. The maximum absolute atomic E-state index is 11.9. The zero-order chi connectivity index (χ0) is 12.3. The molecular weight excluding hydrogens is 214 g/mol. The second kappa shape index (κ2) is 5.36. The van der Waals surface area contributed by atoms with E-state index < -0.39 is 0 Å². The van der Waals surface area contributed by atoms with E-state index in [2.05, 4.69) is 24.5 Å². The molecule has 94 valence electrons. The predicted octanol–water partition coefficient (Wildman–Crippen LogP) is 1.55. The number of carbonyl (C=O) groups excluding carboxylic acids is 1. The van der Waals surface area contributed by atoms with E-state index in [4.69, 9.17) is 0 Å². The Bertz CT molecular complexity index is 380. The summed E-state index contributed by atoms with van der Waals surface area (Å²) >= 11 is 0. The van der Waals surface area contributed by atoms with E-state index in [1.165, 1.54) is 12.8 Å². The molecule has 1 aromatic heterocycles. The molecule has 0 unspecified atom stereocenters. The Morgan fingerprint density at radius 1 is 1.47 bits per heavy atom. The van der Waals surface area contributed by atoms with Gasteiger partial charge in [0.25, 0.3) is 5.91 Å². The van der Waals surface area contributed by atoms with Crippen LogP contribution in [0, 0.1) is 0 Å². The van der Waals surface area contributed by atoms with Gasteiger partial charge in [0, 0.05) is 31.4 Å². The molecule has 0 aromatic carbocycles. The highest BCUT2D eigenvalue weighted by Crippen LogP contribution is 2.17. The largest absolute Gasteiger partial charge is 0.349 e. The van der Waals surface area contributed by atoms with Gasteiger partial charge in [-0.3, -0.25) is 4.79 Å². The van der Waals surface area contributed by atoms with E-state index in [1.54, 1.807) is 0 Å². The lowest BCUT2D eigenvalue weighted by Gasteiger charge is -2.12. The van der Waals surface area contributed by atoms with E-state index in [0.717, 1.165) is 12.2 Å². The van der Waals surface area contributed by atoms with Crippen molar-refractivity contribution in [3.05, 3.63) is 24.0 Å². The molecule has 1 fully saturated rings. The molecule has 1 aliphatic rings. The average Bonchev–Trinajstić information content (AvgIpc) is 2.97. The predicted molar refractivity (Wildman–Crippen MR) is 68.2 cm³/mol. The molecule has 2 rings (SSSR count). The molecule has 0 saturated heterocycles. The van der Waals surface area contributed by atoms with Crippen molar-refractivity contribution in [2.75, 3.05) is 13.1 Å². The molecular formula is C13H21N3O. The lowest BCUT2D eigenvalue weighted by molar-refractivity contribution is 0.0943. The van der Waals surface area contributed by atoms with Crippen LogP contribution in [0.15, 0.2) is 18.3 Å². The highest BCUT2D eigenvalue weighted by atomic mass is 16.1. The lowest BCUT2D eigenvalue weighted by Crippen LogP contribution is -2.33. The minimum absolute atomic E-state index is 0.0151. The van der Waals surface area contributed by atoms with Gasteiger partial charge >= 0.3 is 0 Å². The Balaban J connectivity index is 1.79. The molecule has 0 spiro atoms. The highest BCUT2D eigenvalue weighted by Gasteiger charge is 2.19. The summed E-state index contributed by atoms with van der Waals surface area (Å²) in [4.78, 5) is 11.9. The Kier molecular flexibility index (Phi) is 3.84. The van der Waals surface area contributed by atoms with Crippen LogP contribution in [0.5, 0.6) is 0 Å². The van der Waals surface area contributed by atoms with Crippen LogP contribution in [-0.4, -0.2) is 29.6 Å². The van der Waals surface area contributed by atoms with E-state index in [0.29, 0.717) is 18.6 Å². The summed E-state index contributed by atoms with van der Waals surface area (Å²) in [6, 6.07) is 4.79. The minimum Gasteiger partial charge on any atom is -0.349 e. The molecule has 0 bridgehead atoms. The summed E-state index contributed by atoms with van der Waals surface area (Å²) in [6.45, 7) is 5.70. The molecule has 0 aliphatic heterocycles. The highest BCUT2D eigenvalue weighted by molar-refractivity contribution is 5.92. The standard InChI is InChI=1S/C13H21N3O/c1-10(2)16-9-3-4-12(16)13(17)15-8-7-14-11-5-6-11/h3-4,9-11,14H,5-8H2,1-2H3,(H,15,17). The molecule has 0 radical (unpaired) electrons. The quantitative estimate of drug-likeness (QED) is 0.735. The molecule has 4 nitrogen and oxygen atoms in total. The van der Waals surface area contributed by atoms with Gasteiger partial charge in [0.05, 0.1) is 0 Å². The van der Waals surface area contributed by atoms with Gasteiger partial charge in [-0.25, -0.2) is 0 Å². The van der Waals surface area contributed by atoms with E-state index >= 15 is 0 Å². The van der Waals surface area contributed by atoms with Gasteiger partial charge in [-0.05, 0) is 38.8 Å². The summed E-state index contributed by atoms with van der Waals surface area (Å²) < 4.78 is 1.99. The van der Waals surface area contributed by atoms with Gasteiger partial charge in [0.2, 0.25) is 0 Å². The summed E-state index contributed by atoms with van der Waals surface area (Å²) in [6.07, 6.45) is 4.51. The number of rotatable bonds is 6. The summed E-state index contributed by atoms with van der Waals surface area (Å²) in [5.41, 5.74) is 0.742. The number of nitrogens with zero attached hydrogens (tertiary/aromatic N) is 1. The van der Waals surface area contributed by atoms with Crippen molar-refractivity contribution in [2.24, 2.45) is 0 Å². The van der Waals surface area contributed by atoms with Crippen molar-refractivity contribution in [1.29, 1.82) is 0 Å². The van der Waals surface area contributed by atoms with Gasteiger partial charge in [0.1, 0.15) is 5.69 Å². The van der Waals surface area contributed by atoms with Crippen molar-refractivity contribution < 1.29 is 4.79 Å². The molecule has 2 N–H and O–H groups in total. The first-order valence-electron chi connectivity index (χ1n) is 6.37. The van der Waals surface area contributed by atoms with E-state index in [9.17, 15) is 4.79 Å². The normalized spacial score (nSPS) is 15.2. The third-order valence-electron chi connectivity index (χ3n) is 2.99. The Hall–Kier alpha value is -1.29. The number of carbonyl (C=O) groups is 1. The van der Waals surface area contributed by atoms with Crippen molar-refractivity contribution in [3.63, 3.8) is 0 Å². The number of nitrogens with one attached hydrogen (secondary N) is 2. The van der Waals surface area contributed by atoms with Crippen LogP contribution in [0.3, 0.4) is 0 Å². The maximum Gasteiger partial charge on any atom is 0.267 e. The van der Waals surface area contributed by atoms with E-state index in [1.807, 2.05) is 22.9 Å². The zero-order valence-electron chi connectivity index (χ0n) is 10.6. The number of aromatic nitrogens is 1. The summed E-state index contributed by atoms with van der Waals surface area (Å²) in [5.74, 6) is 0.0151. The molecule has 1 amide bonds. The fraction of sp³-hybridized carbons (Fsp3) is 0.615. The second-order valence-electron chi connectivity index (χ2n) is 4.88. The van der Waals surface area contributed by atoms with Crippen molar-refractivity contribution in [1.82, 2.24) is 15.2 Å². The second-order valence-corrected chi connectivity index (χ2v) is 4.88. The third kappa shape index (κ3) is 3.33. The summed E-state index contributed by atoms with van der Waals surface area (Å²) in [5, 5.41) is 6.31. The van der Waals surface area contributed by atoms with Crippen LogP contribution < -0.4 is 10.6 Å². The first kappa shape index (κ1) is 12.2. The van der Waals surface area contributed by atoms with Gasteiger partial charge < -0.3 is 15.2 Å². The SMILES string of the molecule is CC(C)n1cccc1C(=O)NCCNC1CC1. The minimum atomic E-state index is 0.0151. The van der Waals surface area contributed by atoms with Gasteiger partial charge in [-0.1, -0.05) is 0 Å². The number of amides is 1. The van der Waals surface area contributed by atoms with E-state index in [-0.39, 0.29) is 5.91 Å². The molecule has 1 aromatic rings. The molecule has 0 atom stereocenters. The Morgan fingerprint density at radius 3 is 2.88 bits per heavy atom. The Morgan fingerprint density at radius 2 is 2.24 bits per heavy atom.